The third kappa shape index (κ3) is 2.83. The lowest BCUT2D eigenvalue weighted by Crippen LogP contribution is -2.50. The Kier molecular flexibility index (Phi) is 3.87. The summed E-state index contributed by atoms with van der Waals surface area (Å²) in [5, 5.41) is 2.63. The number of anilines is 1. The molecule has 1 saturated heterocycles. The predicted molar refractivity (Wildman–Crippen MR) is 79.0 cm³/mol. The van der Waals surface area contributed by atoms with Gasteiger partial charge in [-0.25, -0.2) is 4.39 Å². The summed E-state index contributed by atoms with van der Waals surface area (Å²) in [6.45, 7) is 4.87. The first kappa shape index (κ1) is 15.0. The van der Waals surface area contributed by atoms with E-state index < -0.39 is 11.7 Å². The van der Waals surface area contributed by atoms with Crippen LogP contribution in [0.25, 0.3) is 0 Å². The standard InChI is InChI=1S/C16H19FN2O3/c1-9-7-19(8-10(2)22-9)16(21)13-6-15(20)18-14-5-11(17)3-4-12(13)14/h3-5,9-10,13H,6-8H2,1-2H3,(H,18,20). The van der Waals surface area contributed by atoms with Crippen LogP contribution in [-0.2, 0) is 14.3 Å². The number of carbonyl (C=O) groups is 2. The monoisotopic (exact) mass is 306 g/mol. The number of nitrogens with zero attached hydrogens (tertiary/aromatic N) is 1. The maximum absolute atomic E-state index is 13.3. The largest absolute Gasteiger partial charge is 0.372 e. The second-order valence-electron chi connectivity index (χ2n) is 6.04. The van der Waals surface area contributed by atoms with Gasteiger partial charge in [-0.1, -0.05) is 6.07 Å². The number of morpholine rings is 1. The fraction of sp³-hybridized carbons (Fsp3) is 0.500. The van der Waals surface area contributed by atoms with Gasteiger partial charge in [0, 0.05) is 25.2 Å². The van der Waals surface area contributed by atoms with Crippen LogP contribution in [0.15, 0.2) is 18.2 Å². The van der Waals surface area contributed by atoms with Crippen LogP contribution in [-0.4, -0.2) is 42.0 Å². The number of hydrogen-bond acceptors (Lipinski definition) is 3. The normalized spacial score (nSPS) is 28.0. The highest BCUT2D eigenvalue weighted by molar-refractivity contribution is 6.01. The number of carbonyl (C=O) groups excluding carboxylic acids is 2. The van der Waals surface area contributed by atoms with E-state index in [9.17, 15) is 14.0 Å². The molecular formula is C16H19FN2O3. The van der Waals surface area contributed by atoms with Crippen molar-refractivity contribution in [3.63, 3.8) is 0 Å². The predicted octanol–water partition coefficient (Wildman–Crippen LogP) is 1.89. The third-order valence-corrected chi connectivity index (χ3v) is 4.08. The van der Waals surface area contributed by atoms with Crippen molar-refractivity contribution in [1.29, 1.82) is 0 Å². The van der Waals surface area contributed by atoms with Gasteiger partial charge in [0.15, 0.2) is 0 Å². The van der Waals surface area contributed by atoms with Gasteiger partial charge in [0.2, 0.25) is 11.8 Å². The van der Waals surface area contributed by atoms with Crippen molar-refractivity contribution in [2.24, 2.45) is 0 Å². The van der Waals surface area contributed by atoms with Gasteiger partial charge in [-0.3, -0.25) is 9.59 Å². The highest BCUT2D eigenvalue weighted by atomic mass is 19.1. The number of nitrogens with one attached hydrogen (secondary N) is 1. The molecule has 1 aromatic rings. The maximum Gasteiger partial charge on any atom is 0.230 e. The SMILES string of the molecule is CC1CN(C(=O)C2CC(=O)Nc3cc(F)ccc32)CC(C)O1. The van der Waals surface area contributed by atoms with Gasteiger partial charge in [-0.05, 0) is 31.5 Å². The summed E-state index contributed by atoms with van der Waals surface area (Å²) in [4.78, 5) is 26.4. The first-order valence-electron chi connectivity index (χ1n) is 7.47. The Hall–Kier alpha value is -1.95. The number of ether oxygens (including phenoxy) is 1. The maximum atomic E-state index is 13.3. The fourth-order valence-electron chi connectivity index (χ4n) is 3.24. The highest BCUT2D eigenvalue weighted by Gasteiger charge is 2.36. The molecule has 0 aromatic heterocycles. The van der Waals surface area contributed by atoms with Gasteiger partial charge in [-0.15, -0.1) is 0 Å². The van der Waals surface area contributed by atoms with E-state index in [0.29, 0.717) is 24.3 Å². The summed E-state index contributed by atoms with van der Waals surface area (Å²) in [5.74, 6) is -1.34. The van der Waals surface area contributed by atoms with Gasteiger partial charge in [0.25, 0.3) is 0 Å². The Morgan fingerprint density at radius 1 is 1.32 bits per heavy atom. The minimum atomic E-state index is -0.554. The molecule has 1 fully saturated rings. The van der Waals surface area contributed by atoms with Crippen molar-refractivity contribution in [3.8, 4) is 0 Å². The Balaban J connectivity index is 1.88. The van der Waals surface area contributed by atoms with Crippen LogP contribution in [0.3, 0.4) is 0 Å². The molecule has 3 atom stereocenters. The Labute approximate surface area is 128 Å². The molecule has 6 heteroatoms. The van der Waals surface area contributed by atoms with Crippen LogP contribution in [0.1, 0.15) is 31.7 Å². The molecule has 2 amide bonds. The molecule has 0 radical (unpaired) electrons. The van der Waals surface area contributed by atoms with E-state index in [2.05, 4.69) is 5.32 Å². The summed E-state index contributed by atoms with van der Waals surface area (Å²) in [6.07, 6.45) is 0.0352. The van der Waals surface area contributed by atoms with Crippen molar-refractivity contribution >= 4 is 17.5 Å². The van der Waals surface area contributed by atoms with Crippen LogP contribution in [0.5, 0.6) is 0 Å². The molecule has 0 bridgehead atoms. The van der Waals surface area contributed by atoms with Crippen LogP contribution < -0.4 is 5.32 Å². The lowest BCUT2D eigenvalue weighted by Gasteiger charge is -2.38. The molecule has 118 valence electrons. The minimum Gasteiger partial charge on any atom is -0.372 e. The van der Waals surface area contributed by atoms with Gasteiger partial charge >= 0.3 is 0 Å². The van der Waals surface area contributed by atoms with E-state index in [1.54, 1.807) is 11.0 Å². The number of fused-ring (bicyclic) bond motifs is 1. The Morgan fingerprint density at radius 2 is 2.00 bits per heavy atom. The Morgan fingerprint density at radius 3 is 2.68 bits per heavy atom. The van der Waals surface area contributed by atoms with E-state index in [1.165, 1.54) is 12.1 Å². The molecular weight excluding hydrogens is 287 g/mol. The van der Waals surface area contributed by atoms with Crippen molar-refractivity contribution in [2.45, 2.75) is 38.4 Å². The number of amides is 2. The molecule has 0 aliphatic carbocycles. The molecule has 2 heterocycles. The number of benzene rings is 1. The molecule has 0 spiro atoms. The molecule has 5 nitrogen and oxygen atoms in total. The van der Waals surface area contributed by atoms with Crippen molar-refractivity contribution in [2.75, 3.05) is 18.4 Å². The summed E-state index contributed by atoms with van der Waals surface area (Å²) < 4.78 is 19.0. The quantitative estimate of drug-likeness (QED) is 0.862. The van der Waals surface area contributed by atoms with Gasteiger partial charge < -0.3 is 15.0 Å². The first-order valence-corrected chi connectivity index (χ1v) is 7.47. The molecule has 0 saturated carbocycles. The average molecular weight is 306 g/mol. The van der Waals surface area contributed by atoms with E-state index in [4.69, 9.17) is 4.74 Å². The second kappa shape index (κ2) is 5.68. The number of hydrogen-bond donors (Lipinski definition) is 1. The third-order valence-electron chi connectivity index (χ3n) is 4.08. The highest BCUT2D eigenvalue weighted by Crippen LogP contribution is 2.34. The van der Waals surface area contributed by atoms with E-state index >= 15 is 0 Å². The van der Waals surface area contributed by atoms with E-state index in [1.807, 2.05) is 13.8 Å². The summed E-state index contributed by atoms with van der Waals surface area (Å²) in [6, 6.07) is 4.17. The zero-order chi connectivity index (χ0) is 15.9. The Bertz CT molecular complexity index is 609. The molecule has 2 aliphatic rings. The molecule has 3 rings (SSSR count). The summed E-state index contributed by atoms with van der Waals surface area (Å²) in [5.41, 5.74) is 1.07. The van der Waals surface area contributed by atoms with Gasteiger partial charge in [0.1, 0.15) is 5.82 Å². The van der Waals surface area contributed by atoms with Crippen molar-refractivity contribution in [3.05, 3.63) is 29.6 Å². The lowest BCUT2D eigenvalue weighted by molar-refractivity contribution is -0.146. The summed E-state index contributed by atoms with van der Waals surface area (Å²) >= 11 is 0. The van der Waals surface area contributed by atoms with Gasteiger partial charge in [-0.2, -0.15) is 0 Å². The number of halogens is 1. The van der Waals surface area contributed by atoms with Crippen LogP contribution >= 0.6 is 0 Å². The molecule has 1 N–H and O–H groups in total. The van der Waals surface area contributed by atoms with Crippen molar-refractivity contribution < 1.29 is 18.7 Å². The topological polar surface area (TPSA) is 58.6 Å². The lowest BCUT2D eigenvalue weighted by atomic mass is 9.89. The molecule has 3 unspecified atom stereocenters. The van der Waals surface area contributed by atoms with E-state index in [-0.39, 0.29) is 30.4 Å². The molecule has 22 heavy (non-hydrogen) atoms. The number of rotatable bonds is 1. The second-order valence-corrected chi connectivity index (χ2v) is 6.04. The van der Waals surface area contributed by atoms with Crippen LogP contribution in [0, 0.1) is 5.82 Å². The average Bonchev–Trinajstić information content (AvgIpc) is 2.44. The van der Waals surface area contributed by atoms with Gasteiger partial charge in [0.05, 0.1) is 18.1 Å². The fourth-order valence-corrected chi connectivity index (χ4v) is 3.24. The summed E-state index contributed by atoms with van der Waals surface area (Å²) in [7, 11) is 0. The molecule has 2 aliphatic heterocycles. The van der Waals surface area contributed by atoms with Crippen LogP contribution in [0.2, 0.25) is 0 Å². The van der Waals surface area contributed by atoms with Crippen molar-refractivity contribution in [1.82, 2.24) is 4.90 Å². The smallest absolute Gasteiger partial charge is 0.230 e. The van der Waals surface area contributed by atoms with Crippen LogP contribution in [0.4, 0.5) is 10.1 Å². The zero-order valence-electron chi connectivity index (χ0n) is 12.6. The van der Waals surface area contributed by atoms with E-state index in [0.717, 1.165) is 0 Å². The first-order chi connectivity index (χ1) is 10.4. The minimum absolute atomic E-state index is 0.0298. The zero-order valence-corrected chi connectivity index (χ0v) is 12.6. The molecule has 1 aromatic carbocycles.